The Labute approximate surface area is 86.2 Å². The summed E-state index contributed by atoms with van der Waals surface area (Å²) >= 11 is 1.45. The third-order valence-electron chi connectivity index (χ3n) is 1.89. The number of nitrogens with zero attached hydrogens (tertiary/aromatic N) is 5. The molecule has 2 aromatic heterocycles. The van der Waals surface area contributed by atoms with E-state index in [1.54, 1.807) is 6.33 Å². The molecule has 0 saturated carbocycles. The predicted molar refractivity (Wildman–Crippen MR) is 52.6 cm³/mol. The summed E-state index contributed by atoms with van der Waals surface area (Å²) in [6.07, 6.45) is 4.80. The highest BCUT2D eigenvalue weighted by Crippen LogP contribution is 2.16. The normalized spacial score (nSPS) is 10.7. The third kappa shape index (κ3) is 1.65. The van der Waals surface area contributed by atoms with Crippen molar-refractivity contribution in [1.82, 2.24) is 19.3 Å². The molecule has 0 radical (unpaired) electrons. The van der Waals surface area contributed by atoms with Crippen LogP contribution in [-0.2, 0) is 13.6 Å². The summed E-state index contributed by atoms with van der Waals surface area (Å²) < 4.78 is 8.11. The summed E-state index contributed by atoms with van der Waals surface area (Å²) in [5.74, 6) is 0.873. The molecule has 2 aromatic rings. The Kier molecular flexibility index (Phi) is 2.53. The maximum absolute atomic E-state index is 4.28. The van der Waals surface area contributed by atoms with E-state index in [9.17, 15) is 0 Å². The summed E-state index contributed by atoms with van der Waals surface area (Å²) in [5.41, 5.74) is 0. The van der Waals surface area contributed by atoms with Crippen molar-refractivity contribution >= 4 is 11.5 Å². The second-order valence-corrected chi connectivity index (χ2v) is 3.88. The van der Waals surface area contributed by atoms with E-state index >= 15 is 0 Å². The molecule has 2 heterocycles. The van der Waals surface area contributed by atoms with Crippen LogP contribution in [0.1, 0.15) is 13.3 Å². The molecular weight excluding hydrogens is 198 g/mol. The van der Waals surface area contributed by atoms with E-state index in [0.29, 0.717) is 0 Å². The molecule has 14 heavy (non-hydrogen) atoms. The van der Waals surface area contributed by atoms with Gasteiger partial charge in [-0.3, -0.25) is 0 Å². The lowest BCUT2D eigenvalue weighted by atomic mass is 10.4. The van der Waals surface area contributed by atoms with Gasteiger partial charge >= 0.3 is 0 Å². The van der Waals surface area contributed by atoms with Crippen LogP contribution in [0.3, 0.4) is 0 Å². The number of aromatic nitrogens is 5. The van der Waals surface area contributed by atoms with Crippen LogP contribution < -0.4 is 4.68 Å². The first kappa shape index (κ1) is 9.26. The van der Waals surface area contributed by atoms with Gasteiger partial charge in [0.05, 0.1) is 4.49 Å². The third-order valence-corrected chi connectivity index (χ3v) is 2.67. The lowest BCUT2D eigenvalue weighted by Gasteiger charge is -1.90. The van der Waals surface area contributed by atoms with E-state index in [1.807, 2.05) is 22.5 Å². The summed E-state index contributed by atoms with van der Waals surface area (Å²) in [5, 5.41) is 7.87. The van der Waals surface area contributed by atoms with Crippen molar-refractivity contribution in [2.24, 2.45) is 7.05 Å². The summed E-state index contributed by atoms with van der Waals surface area (Å²) in [6, 6.07) is 0. The summed E-state index contributed by atoms with van der Waals surface area (Å²) in [4.78, 5) is 1.05. The Bertz CT molecular complexity index is 419. The van der Waals surface area contributed by atoms with Gasteiger partial charge in [0.2, 0.25) is 6.20 Å². The van der Waals surface area contributed by atoms with Crippen LogP contribution in [0.4, 0.5) is 0 Å². The van der Waals surface area contributed by atoms with E-state index in [-0.39, 0.29) is 0 Å². The van der Waals surface area contributed by atoms with Crippen LogP contribution >= 0.6 is 11.5 Å². The molecular formula is C8H12N5S+. The molecule has 0 aliphatic rings. The highest BCUT2D eigenvalue weighted by atomic mass is 32.1. The average Bonchev–Trinajstić information content (AvgIpc) is 2.74. The van der Waals surface area contributed by atoms with Gasteiger partial charge in [0.25, 0.3) is 0 Å². The zero-order chi connectivity index (χ0) is 9.97. The zero-order valence-corrected chi connectivity index (χ0v) is 9.03. The maximum Gasteiger partial charge on any atom is 0.220 e. The minimum Gasteiger partial charge on any atom is -0.316 e. The van der Waals surface area contributed by atoms with Gasteiger partial charge in [-0.05, 0) is 0 Å². The highest BCUT2D eigenvalue weighted by Gasteiger charge is 2.14. The number of aryl methyl sites for hydroxylation is 2. The van der Waals surface area contributed by atoms with Crippen LogP contribution in [0.2, 0.25) is 0 Å². The fourth-order valence-corrected chi connectivity index (χ4v) is 1.98. The molecule has 0 spiro atoms. The van der Waals surface area contributed by atoms with Crippen LogP contribution in [0.15, 0.2) is 12.5 Å². The molecule has 0 bridgehead atoms. The van der Waals surface area contributed by atoms with Crippen molar-refractivity contribution in [3.05, 3.63) is 12.5 Å². The number of hydrogen-bond acceptors (Lipinski definition) is 4. The monoisotopic (exact) mass is 210 g/mol. The van der Waals surface area contributed by atoms with Gasteiger partial charge < -0.3 is 4.57 Å². The molecule has 6 heteroatoms. The average molecular weight is 210 g/mol. The second-order valence-electron chi connectivity index (χ2n) is 3.09. The van der Waals surface area contributed by atoms with Gasteiger partial charge in [0.1, 0.15) is 6.33 Å². The van der Waals surface area contributed by atoms with Gasteiger partial charge in [-0.2, -0.15) is 0 Å². The van der Waals surface area contributed by atoms with E-state index in [4.69, 9.17) is 0 Å². The quantitative estimate of drug-likeness (QED) is 0.698. The van der Waals surface area contributed by atoms with Crippen molar-refractivity contribution < 1.29 is 4.68 Å². The van der Waals surface area contributed by atoms with Gasteiger partial charge in [-0.1, -0.05) is 11.6 Å². The lowest BCUT2D eigenvalue weighted by Crippen LogP contribution is -2.33. The molecule has 0 aliphatic carbocycles. The summed E-state index contributed by atoms with van der Waals surface area (Å²) in [6.45, 7) is 3.09. The van der Waals surface area contributed by atoms with Crippen LogP contribution in [0.5, 0.6) is 0 Å². The van der Waals surface area contributed by atoms with Crippen molar-refractivity contribution in [3.63, 3.8) is 0 Å². The van der Waals surface area contributed by atoms with Crippen LogP contribution in [0.25, 0.3) is 10.7 Å². The molecule has 5 nitrogen and oxygen atoms in total. The number of rotatable bonds is 3. The van der Waals surface area contributed by atoms with Crippen LogP contribution in [-0.4, -0.2) is 19.3 Å². The largest absolute Gasteiger partial charge is 0.316 e. The molecule has 0 N–H and O–H groups in total. The summed E-state index contributed by atoms with van der Waals surface area (Å²) in [7, 11) is 1.93. The first-order valence-corrected chi connectivity index (χ1v) is 5.29. The first-order chi connectivity index (χ1) is 6.81. The Morgan fingerprint density at radius 2 is 2.43 bits per heavy atom. The van der Waals surface area contributed by atoms with Crippen LogP contribution in [0, 0.1) is 0 Å². The smallest absolute Gasteiger partial charge is 0.220 e. The minimum absolute atomic E-state index is 0.873. The van der Waals surface area contributed by atoms with E-state index in [2.05, 4.69) is 21.6 Å². The van der Waals surface area contributed by atoms with Crippen molar-refractivity contribution in [2.75, 3.05) is 0 Å². The molecule has 0 fully saturated rings. The highest BCUT2D eigenvalue weighted by molar-refractivity contribution is 7.08. The molecule has 2 rings (SSSR count). The van der Waals surface area contributed by atoms with Crippen molar-refractivity contribution in [1.29, 1.82) is 0 Å². The first-order valence-electron chi connectivity index (χ1n) is 4.52. The molecule has 0 aliphatic heterocycles. The number of hydrogen-bond donors (Lipinski definition) is 0. The fraction of sp³-hybridized carbons (Fsp3) is 0.500. The van der Waals surface area contributed by atoms with Gasteiger partial charge in [-0.15, -0.1) is 10.2 Å². The minimum atomic E-state index is 0.873. The second kappa shape index (κ2) is 3.83. The maximum atomic E-state index is 4.28. The fourth-order valence-electron chi connectivity index (χ4n) is 1.22. The predicted octanol–water partition coefficient (Wildman–Crippen LogP) is 0.636. The molecule has 0 atom stereocenters. The molecule has 0 unspecified atom stereocenters. The molecule has 0 aromatic carbocycles. The molecule has 0 saturated heterocycles. The topological polar surface area (TPSA) is 47.5 Å². The van der Waals surface area contributed by atoms with Gasteiger partial charge in [-0.25, -0.2) is 0 Å². The standard InChI is InChI=1S/C8H12N5S/c1-3-4-13-5-7(14-11-13)8-10-9-6-12(8)2/h5-6H,3-4H2,1-2H3/q+1. The van der Waals surface area contributed by atoms with Gasteiger partial charge in [0.15, 0.2) is 17.2 Å². The van der Waals surface area contributed by atoms with E-state index in [1.165, 1.54) is 11.5 Å². The molecule has 74 valence electrons. The Hall–Kier alpha value is -1.30. The Morgan fingerprint density at radius 1 is 1.57 bits per heavy atom. The SMILES string of the molecule is CCC[n+]1cc(-c2nncn2C)sn1. The van der Waals surface area contributed by atoms with Crippen molar-refractivity contribution in [2.45, 2.75) is 19.9 Å². The molecule has 0 amide bonds. The Balaban J connectivity index is 2.29. The lowest BCUT2D eigenvalue weighted by molar-refractivity contribution is -0.746. The zero-order valence-electron chi connectivity index (χ0n) is 8.21. The van der Waals surface area contributed by atoms with Gasteiger partial charge in [0, 0.05) is 25.0 Å². The van der Waals surface area contributed by atoms with E-state index in [0.717, 1.165) is 23.7 Å². The van der Waals surface area contributed by atoms with E-state index < -0.39 is 0 Å². The van der Waals surface area contributed by atoms with Crippen molar-refractivity contribution in [3.8, 4) is 10.7 Å². The Morgan fingerprint density at radius 3 is 3.07 bits per heavy atom.